The van der Waals surface area contributed by atoms with E-state index >= 15 is 0 Å². The standard InChI is InChI=1S/C16H33N3/c1-13(2)14-10-16(11-14,12-17)19-8-6-18(7-9-19)15(3,4)5/h13-14H,6-12,17H2,1-5H3. The molecule has 0 spiro atoms. The molecule has 1 saturated heterocycles. The monoisotopic (exact) mass is 267 g/mol. The molecule has 112 valence electrons. The number of nitrogens with two attached hydrogens (primary N) is 1. The fourth-order valence-corrected chi connectivity index (χ4v) is 3.79. The van der Waals surface area contributed by atoms with Crippen LogP contribution in [0.2, 0.25) is 0 Å². The lowest BCUT2D eigenvalue weighted by Gasteiger charge is -2.58. The quantitative estimate of drug-likeness (QED) is 0.850. The zero-order valence-electron chi connectivity index (χ0n) is 13.6. The summed E-state index contributed by atoms with van der Waals surface area (Å²) in [4.78, 5) is 5.29. The lowest BCUT2D eigenvalue weighted by Crippen LogP contribution is -2.67. The molecular weight excluding hydrogens is 234 g/mol. The normalized spacial score (nSPS) is 34.6. The minimum Gasteiger partial charge on any atom is -0.329 e. The van der Waals surface area contributed by atoms with Crippen LogP contribution in [-0.4, -0.2) is 53.6 Å². The highest BCUT2D eigenvalue weighted by atomic mass is 15.3. The maximum absolute atomic E-state index is 6.13. The first-order valence-electron chi connectivity index (χ1n) is 7.99. The van der Waals surface area contributed by atoms with Crippen molar-refractivity contribution in [3.05, 3.63) is 0 Å². The van der Waals surface area contributed by atoms with Gasteiger partial charge in [-0.2, -0.15) is 0 Å². The lowest BCUT2D eigenvalue weighted by molar-refractivity contribution is -0.0679. The number of nitrogens with zero attached hydrogens (tertiary/aromatic N) is 2. The summed E-state index contributed by atoms with van der Waals surface area (Å²) in [5, 5.41) is 0. The minimum atomic E-state index is 0.308. The van der Waals surface area contributed by atoms with Crippen LogP contribution in [0.15, 0.2) is 0 Å². The zero-order valence-corrected chi connectivity index (χ0v) is 13.6. The average molecular weight is 267 g/mol. The van der Waals surface area contributed by atoms with Gasteiger partial charge in [0.15, 0.2) is 0 Å². The third kappa shape index (κ3) is 2.98. The Balaban J connectivity index is 1.90. The Bertz CT molecular complexity index is 292. The Morgan fingerprint density at radius 3 is 2.00 bits per heavy atom. The summed E-state index contributed by atoms with van der Waals surface area (Å²) in [5.74, 6) is 1.71. The lowest BCUT2D eigenvalue weighted by atomic mass is 9.63. The first kappa shape index (κ1) is 15.3. The highest BCUT2D eigenvalue weighted by Gasteiger charge is 2.48. The van der Waals surface area contributed by atoms with Crippen LogP contribution in [0.25, 0.3) is 0 Å². The summed E-state index contributed by atoms with van der Waals surface area (Å²) < 4.78 is 0. The van der Waals surface area contributed by atoms with Crippen molar-refractivity contribution in [1.82, 2.24) is 9.80 Å². The Labute approximate surface area is 119 Å². The first-order chi connectivity index (χ1) is 8.78. The molecule has 2 aliphatic rings. The molecule has 1 aliphatic carbocycles. The molecular formula is C16H33N3. The largest absolute Gasteiger partial charge is 0.329 e. The van der Waals surface area contributed by atoms with E-state index in [4.69, 9.17) is 5.73 Å². The molecule has 0 atom stereocenters. The van der Waals surface area contributed by atoms with E-state index < -0.39 is 0 Å². The average Bonchev–Trinajstić information content (AvgIpc) is 2.27. The van der Waals surface area contributed by atoms with Crippen molar-refractivity contribution in [2.45, 2.75) is 58.5 Å². The SMILES string of the molecule is CC(C)C1CC(CN)(N2CCN(C(C)(C)C)CC2)C1. The van der Waals surface area contributed by atoms with E-state index in [2.05, 4.69) is 44.4 Å². The number of hydrogen-bond donors (Lipinski definition) is 1. The van der Waals surface area contributed by atoms with Crippen molar-refractivity contribution in [3.63, 3.8) is 0 Å². The zero-order chi connectivity index (χ0) is 14.3. The molecule has 0 amide bonds. The molecule has 1 saturated carbocycles. The molecule has 19 heavy (non-hydrogen) atoms. The topological polar surface area (TPSA) is 32.5 Å². The van der Waals surface area contributed by atoms with Crippen LogP contribution in [0.5, 0.6) is 0 Å². The number of piperazine rings is 1. The molecule has 2 rings (SSSR count). The molecule has 3 nitrogen and oxygen atoms in total. The van der Waals surface area contributed by atoms with Gasteiger partial charge in [-0.05, 0) is 45.4 Å². The van der Waals surface area contributed by atoms with E-state index in [1.165, 1.54) is 39.0 Å². The molecule has 0 bridgehead atoms. The Kier molecular flexibility index (Phi) is 4.29. The van der Waals surface area contributed by atoms with Gasteiger partial charge in [-0.15, -0.1) is 0 Å². The molecule has 0 aromatic heterocycles. The highest BCUT2D eigenvalue weighted by Crippen LogP contribution is 2.45. The molecule has 2 fully saturated rings. The molecule has 1 heterocycles. The van der Waals surface area contributed by atoms with Crippen molar-refractivity contribution in [2.24, 2.45) is 17.6 Å². The Hall–Kier alpha value is -0.120. The van der Waals surface area contributed by atoms with Crippen LogP contribution in [0.3, 0.4) is 0 Å². The van der Waals surface area contributed by atoms with Gasteiger partial charge in [0.1, 0.15) is 0 Å². The Morgan fingerprint density at radius 1 is 1.11 bits per heavy atom. The van der Waals surface area contributed by atoms with Crippen molar-refractivity contribution in [3.8, 4) is 0 Å². The van der Waals surface area contributed by atoms with Crippen LogP contribution < -0.4 is 5.73 Å². The van der Waals surface area contributed by atoms with Crippen molar-refractivity contribution < 1.29 is 0 Å². The third-order valence-corrected chi connectivity index (χ3v) is 5.51. The van der Waals surface area contributed by atoms with E-state index in [1.54, 1.807) is 0 Å². The summed E-state index contributed by atoms with van der Waals surface area (Å²) in [6.45, 7) is 17.3. The molecule has 2 N–H and O–H groups in total. The van der Waals surface area contributed by atoms with Gasteiger partial charge in [0.2, 0.25) is 0 Å². The van der Waals surface area contributed by atoms with Crippen molar-refractivity contribution in [2.75, 3.05) is 32.7 Å². The predicted molar refractivity (Wildman–Crippen MR) is 82.2 cm³/mol. The number of rotatable bonds is 3. The molecule has 0 aromatic rings. The van der Waals surface area contributed by atoms with E-state index in [0.717, 1.165) is 18.4 Å². The van der Waals surface area contributed by atoms with E-state index in [9.17, 15) is 0 Å². The van der Waals surface area contributed by atoms with Crippen molar-refractivity contribution >= 4 is 0 Å². The third-order valence-electron chi connectivity index (χ3n) is 5.51. The second-order valence-corrected chi connectivity index (χ2v) is 7.99. The minimum absolute atomic E-state index is 0.308. The maximum Gasteiger partial charge on any atom is 0.0338 e. The second-order valence-electron chi connectivity index (χ2n) is 7.99. The van der Waals surface area contributed by atoms with Gasteiger partial charge in [-0.3, -0.25) is 9.80 Å². The van der Waals surface area contributed by atoms with Gasteiger partial charge >= 0.3 is 0 Å². The van der Waals surface area contributed by atoms with Gasteiger partial charge in [-0.1, -0.05) is 13.8 Å². The van der Waals surface area contributed by atoms with Crippen LogP contribution in [0, 0.1) is 11.8 Å². The molecule has 0 unspecified atom stereocenters. The summed E-state index contributed by atoms with van der Waals surface area (Å²) in [7, 11) is 0. The van der Waals surface area contributed by atoms with Gasteiger partial charge in [-0.25, -0.2) is 0 Å². The van der Waals surface area contributed by atoms with E-state index in [1.807, 2.05) is 0 Å². The summed E-state index contributed by atoms with van der Waals surface area (Å²) >= 11 is 0. The first-order valence-corrected chi connectivity index (χ1v) is 7.99. The van der Waals surface area contributed by atoms with Crippen molar-refractivity contribution in [1.29, 1.82) is 0 Å². The molecule has 3 heteroatoms. The van der Waals surface area contributed by atoms with Gasteiger partial charge in [0.05, 0.1) is 0 Å². The van der Waals surface area contributed by atoms with Gasteiger partial charge in [0.25, 0.3) is 0 Å². The van der Waals surface area contributed by atoms with Crippen LogP contribution in [-0.2, 0) is 0 Å². The smallest absolute Gasteiger partial charge is 0.0338 e. The predicted octanol–water partition coefficient (Wildman–Crippen LogP) is 2.17. The van der Waals surface area contributed by atoms with Crippen LogP contribution >= 0.6 is 0 Å². The second kappa shape index (κ2) is 5.34. The molecule has 1 aliphatic heterocycles. The number of hydrogen-bond acceptors (Lipinski definition) is 3. The maximum atomic E-state index is 6.13. The molecule has 0 aromatic carbocycles. The van der Waals surface area contributed by atoms with Crippen LogP contribution in [0.1, 0.15) is 47.5 Å². The van der Waals surface area contributed by atoms with Crippen LogP contribution in [0.4, 0.5) is 0 Å². The van der Waals surface area contributed by atoms with Gasteiger partial charge < -0.3 is 5.73 Å². The fraction of sp³-hybridized carbons (Fsp3) is 1.00. The molecule has 0 radical (unpaired) electrons. The van der Waals surface area contributed by atoms with E-state index in [-0.39, 0.29) is 0 Å². The fourth-order valence-electron chi connectivity index (χ4n) is 3.79. The highest BCUT2D eigenvalue weighted by molar-refractivity contribution is 5.05. The van der Waals surface area contributed by atoms with E-state index in [0.29, 0.717) is 11.1 Å². The summed E-state index contributed by atoms with van der Waals surface area (Å²) in [6, 6.07) is 0. The van der Waals surface area contributed by atoms with Gasteiger partial charge in [0, 0.05) is 43.8 Å². The summed E-state index contributed by atoms with van der Waals surface area (Å²) in [6.07, 6.45) is 2.63. The summed E-state index contributed by atoms with van der Waals surface area (Å²) in [5.41, 5.74) is 6.77. The Morgan fingerprint density at radius 2 is 1.63 bits per heavy atom.